The van der Waals surface area contributed by atoms with Gasteiger partial charge in [-0.05, 0) is 44.2 Å². The van der Waals surface area contributed by atoms with Crippen LogP contribution in [-0.4, -0.2) is 51.0 Å². The highest BCUT2D eigenvalue weighted by atomic mass is 16.5. The van der Waals surface area contributed by atoms with Crippen molar-refractivity contribution >= 4 is 5.97 Å². The first kappa shape index (κ1) is 18.2. The number of nitrogens with zero attached hydrogens (tertiary/aromatic N) is 3. The van der Waals surface area contributed by atoms with Gasteiger partial charge in [0.2, 0.25) is 0 Å². The molecule has 1 N–H and O–H groups in total. The number of hydrogen-bond donors (Lipinski definition) is 1. The Labute approximate surface area is 159 Å². The molecule has 27 heavy (non-hydrogen) atoms. The molecule has 1 atom stereocenters. The third-order valence-electron chi connectivity index (χ3n) is 5.95. The summed E-state index contributed by atoms with van der Waals surface area (Å²) in [7, 11) is 0. The van der Waals surface area contributed by atoms with E-state index in [1.54, 1.807) is 0 Å². The lowest BCUT2D eigenvalue weighted by Gasteiger charge is -2.45. The average molecular weight is 369 g/mol. The monoisotopic (exact) mass is 369 g/mol. The van der Waals surface area contributed by atoms with Crippen LogP contribution in [0.2, 0.25) is 0 Å². The molecule has 0 saturated carbocycles. The largest absolute Gasteiger partial charge is 0.476 e. The lowest BCUT2D eigenvalue weighted by Crippen LogP contribution is -2.57. The molecule has 1 unspecified atom stereocenters. The average Bonchev–Trinajstić information content (AvgIpc) is 3.00. The van der Waals surface area contributed by atoms with Crippen LogP contribution in [-0.2, 0) is 30.7 Å². The van der Waals surface area contributed by atoms with Crippen molar-refractivity contribution in [3.05, 3.63) is 52.3 Å². The Balaban J connectivity index is 1.34. The number of carboxylic acid groups (broad SMARTS) is 1. The molecule has 1 aromatic heterocycles. The molecular weight excluding hydrogens is 342 g/mol. The molecule has 144 valence electrons. The first-order valence-electron chi connectivity index (χ1n) is 9.78. The molecule has 0 amide bonds. The predicted octanol–water partition coefficient (Wildman–Crippen LogP) is 2.67. The van der Waals surface area contributed by atoms with Crippen LogP contribution in [0.1, 0.15) is 46.2 Å². The molecule has 1 aliphatic carbocycles. The number of aromatic carboxylic acids is 1. The number of aromatic nitrogens is 2. The highest BCUT2D eigenvalue weighted by Gasteiger charge is 2.37. The molecule has 1 fully saturated rings. The van der Waals surface area contributed by atoms with Crippen LogP contribution in [0.25, 0.3) is 0 Å². The molecular formula is C21H27N3O3. The van der Waals surface area contributed by atoms with Crippen LogP contribution in [0.5, 0.6) is 0 Å². The minimum absolute atomic E-state index is 0.240. The summed E-state index contributed by atoms with van der Waals surface area (Å²) in [6.07, 6.45) is 3.01. The zero-order valence-corrected chi connectivity index (χ0v) is 16.0. The van der Waals surface area contributed by atoms with Gasteiger partial charge < -0.3 is 9.84 Å². The number of carboxylic acids is 1. The molecule has 1 saturated heterocycles. The maximum absolute atomic E-state index is 11.6. The van der Waals surface area contributed by atoms with Gasteiger partial charge >= 0.3 is 5.97 Å². The van der Waals surface area contributed by atoms with E-state index in [1.165, 1.54) is 11.1 Å². The Morgan fingerprint density at radius 2 is 2.11 bits per heavy atom. The van der Waals surface area contributed by atoms with E-state index >= 15 is 0 Å². The lowest BCUT2D eigenvalue weighted by atomic mass is 9.88. The number of ether oxygens (including phenoxy) is 1. The Morgan fingerprint density at radius 3 is 2.81 bits per heavy atom. The number of carbonyl (C=O) groups is 1. The van der Waals surface area contributed by atoms with Crippen molar-refractivity contribution in [2.24, 2.45) is 0 Å². The quantitative estimate of drug-likeness (QED) is 0.848. The van der Waals surface area contributed by atoms with Gasteiger partial charge in [0.1, 0.15) is 0 Å². The molecule has 1 aromatic carbocycles. The molecule has 2 heterocycles. The van der Waals surface area contributed by atoms with Crippen molar-refractivity contribution in [3.63, 3.8) is 0 Å². The van der Waals surface area contributed by atoms with E-state index in [-0.39, 0.29) is 11.8 Å². The van der Waals surface area contributed by atoms with E-state index in [0.717, 1.165) is 50.2 Å². The van der Waals surface area contributed by atoms with E-state index in [1.807, 2.05) is 17.7 Å². The molecule has 0 radical (unpaired) electrons. The summed E-state index contributed by atoms with van der Waals surface area (Å²) in [5, 5.41) is 13.8. The summed E-state index contributed by atoms with van der Waals surface area (Å²) < 4.78 is 7.93. The third-order valence-corrected chi connectivity index (χ3v) is 5.95. The molecule has 0 spiro atoms. The maximum atomic E-state index is 11.6. The first-order valence-corrected chi connectivity index (χ1v) is 9.78. The van der Waals surface area contributed by atoms with Crippen LogP contribution in [0.3, 0.4) is 0 Å². The van der Waals surface area contributed by atoms with Gasteiger partial charge in [-0.3, -0.25) is 9.58 Å². The fraction of sp³-hybridized carbons (Fsp3) is 0.524. The highest BCUT2D eigenvalue weighted by Crippen LogP contribution is 2.30. The van der Waals surface area contributed by atoms with Crippen LogP contribution < -0.4 is 0 Å². The zero-order valence-electron chi connectivity index (χ0n) is 16.0. The minimum Gasteiger partial charge on any atom is -0.476 e. The predicted molar refractivity (Wildman–Crippen MR) is 102 cm³/mol. The Bertz CT molecular complexity index is 839. The summed E-state index contributed by atoms with van der Waals surface area (Å²) in [6.45, 7) is 7.36. The van der Waals surface area contributed by atoms with E-state index in [4.69, 9.17) is 4.74 Å². The van der Waals surface area contributed by atoms with E-state index in [9.17, 15) is 9.90 Å². The second kappa shape index (κ2) is 7.44. The molecule has 6 nitrogen and oxygen atoms in total. The first-order chi connectivity index (χ1) is 13.1. The Kier molecular flexibility index (Phi) is 5.02. The SMILES string of the molecule is CCn1nc(C(=O)O)c2c1CCC(N1CC(OCc3ccccc3C)C1)C2. The summed E-state index contributed by atoms with van der Waals surface area (Å²) in [5.41, 5.74) is 4.80. The van der Waals surface area contributed by atoms with Crippen molar-refractivity contribution in [2.75, 3.05) is 13.1 Å². The Morgan fingerprint density at radius 1 is 1.33 bits per heavy atom. The van der Waals surface area contributed by atoms with Crippen molar-refractivity contribution < 1.29 is 14.6 Å². The number of fused-ring (bicyclic) bond motifs is 1. The lowest BCUT2D eigenvalue weighted by molar-refractivity contribution is -0.0811. The molecule has 2 aromatic rings. The topological polar surface area (TPSA) is 67.6 Å². The fourth-order valence-electron chi connectivity index (χ4n) is 4.27. The van der Waals surface area contributed by atoms with Crippen LogP contribution >= 0.6 is 0 Å². The van der Waals surface area contributed by atoms with Gasteiger partial charge in [-0.1, -0.05) is 24.3 Å². The third kappa shape index (κ3) is 3.51. The van der Waals surface area contributed by atoms with Crippen molar-refractivity contribution in [1.29, 1.82) is 0 Å². The molecule has 1 aliphatic heterocycles. The molecule has 6 heteroatoms. The second-order valence-electron chi connectivity index (χ2n) is 7.60. The smallest absolute Gasteiger partial charge is 0.356 e. The standard InChI is InChI=1S/C21H27N3O3/c1-3-24-19-9-8-16(10-18(19)20(22-24)21(25)26)23-11-17(12-23)27-13-15-7-5-4-6-14(15)2/h4-7,16-17H,3,8-13H2,1-2H3,(H,25,26). The highest BCUT2D eigenvalue weighted by molar-refractivity contribution is 5.87. The minimum atomic E-state index is -0.915. The summed E-state index contributed by atoms with van der Waals surface area (Å²) in [5.74, 6) is -0.915. The number of aryl methyl sites for hydroxylation is 2. The van der Waals surface area contributed by atoms with Gasteiger partial charge in [0.15, 0.2) is 5.69 Å². The Hall–Kier alpha value is -2.18. The van der Waals surface area contributed by atoms with Gasteiger partial charge in [-0.25, -0.2) is 4.79 Å². The van der Waals surface area contributed by atoms with Crippen molar-refractivity contribution in [1.82, 2.24) is 14.7 Å². The van der Waals surface area contributed by atoms with Crippen LogP contribution in [0.4, 0.5) is 0 Å². The van der Waals surface area contributed by atoms with E-state index < -0.39 is 5.97 Å². The number of rotatable bonds is 6. The fourth-order valence-corrected chi connectivity index (χ4v) is 4.27. The second-order valence-corrected chi connectivity index (χ2v) is 7.60. The number of benzene rings is 1. The van der Waals surface area contributed by atoms with Gasteiger partial charge in [-0.15, -0.1) is 0 Å². The molecule has 0 bridgehead atoms. The number of hydrogen-bond acceptors (Lipinski definition) is 4. The van der Waals surface area contributed by atoms with E-state index in [0.29, 0.717) is 12.6 Å². The van der Waals surface area contributed by atoms with Crippen molar-refractivity contribution in [2.45, 2.75) is 58.4 Å². The van der Waals surface area contributed by atoms with E-state index in [2.05, 4.69) is 35.1 Å². The maximum Gasteiger partial charge on any atom is 0.356 e. The molecule has 2 aliphatic rings. The van der Waals surface area contributed by atoms with Crippen LogP contribution in [0.15, 0.2) is 24.3 Å². The number of likely N-dealkylation sites (tertiary alicyclic amines) is 1. The van der Waals surface area contributed by atoms with Crippen molar-refractivity contribution in [3.8, 4) is 0 Å². The van der Waals surface area contributed by atoms with Gasteiger partial charge in [-0.2, -0.15) is 5.10 Å². The normalized spacial score (nSPS) is 20.3. The summed E-state index contributed by atoms with van der Waals surface area (Å²) >= 11 is 0. The van der Waals surface area contributed by atoms with Gasteiger partial charge in [0.25, 0.3) is 0 Å². The van der Waals surface area contributed by atoms with Gasteiger partial charge in [0, 0.05) is 36.9 Å². The summed E-state index contributed by atoms with van der Waals surface area (Å²) in [6, 6.07) is 8.72. The summed E-state index contributed by atoms with van der Waals surface area (Å²) in [4.78, 5) is 14.0. The van der Waals surface area contributed by atoms with Gasteiger partial charge in [0.05, 0.1) is 12.7 Å². The van der Waals surface area contributed by atoms with Crippen LogP contribution in [0, 0.1) is 6.92 Å². The molecule has 4 rings (SSSR count). The zero-order chi connectivity index (χ0) is 19.0.